The summed E-state index contributed by atoms with van der Waals surface area (Å²) in [7, 11) is 0. The van der Waals surface area contributed by atoms with Gasteiger partial charge in [0.2, 0.25) is 0 Å². The lowest BCUT2D eigenvalue weighted by molar-refractivity contribution is 0.319. The molecule has 4 aromatic carbocycles. The van der Waals surface area contributed by atoms with Crippen LogP contribution in [0.1, 0.15) is 9.75 Å². The molecule has 4 aromatic heterocycles. The zero-order chi connectivity index (χ0) is 34.3. The predicted octanol–water partition coefficient (Wildman–Crippen LogP) is 10.5. The Labute approximate surface area is 295 Å². The fourth-order valence-corrected chi connectivity index (χ4v) is 7.00. The molecule has 242 valence electrons. The van der Waals surface area contributed by atoms with Gasteiger partial charge in [-0.15, -0.1) is 22.7 Å². The Morgan fingerprint density at radius 2 is 1.08 bits per heavy atom. The van der Waals surface area contributed by atoms with E-state index in [2.05, 4.69) is 45.5 Å². The van der Waals surface area contributed by atoms with Crippen molar-refractivity contribution in [1.29, 1.82) is 5.26 Å². The van der Waals surface area contributed by atoms with Gasteiger partial charge in [0.25, 0.3) is 0 Å². The summed E-state index contributed by atoms with van der Waals surface area (Å²) >= 11 is 2.81. The van der Waals surface area contributed by atoms with Crippen molar-refractivity contribution >= 4 is 48.7 Å². The van der Waals surface area contributed by atoms with E-state index in [9.17, 15) is 0 Å². The first-order valence-corrected chi connectivity index (χ1v) is 17.0. The molecule has 0 atom stereocenters. The standard InChI is InChI=1S/C20H15N3O2S.C20H12N2OS/c21-20(23-24)18-10-16-17(11-22-12-19(16)26-18)25-15-8-6-14(7-9-15)13-4-2-1-3-5-13;21-11-17-10-18-19(12-22-13-20(18)24-17)23-16-8-6-15(7-9-16)14-4-2-1-3-5-14/h1-12,24H,(H2,21,23);1-10,12-13H. The van der Waals surface area contributed by atoms with E-state index in [4.69, 9.17) is 25.7 Å². The lowest BCUT2D eigenvalue weighted by atomic mass is 10.1. The molecule has 4 heterocycles. The highest BCUT2D eigenvalue weighted by Gasteiger charge is 2.12. The zero-order valence-corrected chi connectivity index (χ0v) is 27.9. The first-order chi connectivity index (χ1) is 24.6. The third-order valence-electron chi connectivity index (χ3n) is 7.67. The number of rotatable bonds is 7. The van der Waals surface area contributed by atoms with Crippen LogP contribution in [0, 0.1) is 11.3 Å². The number of amidine groups is 1. The smallest absolute Gasteiger partial charge is 0.180 e. The highest BCUT2D eigenvalue weighted by Crippen LogP contribution is 2.36. The van der Waals surface area contributed by atoms with Crippen molar-refractivity contribution in [2.75, 3.05) is 0 Å². The summed E-state index contributed by atoms with van der Waals surface area (Å²) in [5.41, 5.74) is 10.3. The molecule has 0 bridgehead atoms. The second-order valence-corrected chi connectivity index (χ2v) is 13.1. The van der Waals surface area contributed by atoms with Gasteiger partial charge >= 0.3 is 0 Å². The molecule has 0 amide bonds. The molecule has 0 aliphatic carbocycles. The van der Waals surface area contributed by atoms with E-state index >= 15 is 0 Å². The molecule has 8 aromatic rings. The van der Waals surface area contributed by atoms with Gasteiger partial charge in [0.1, 0.15) is 22.4 Å². The summed E-state index contributed by atoms with van der Waals surface area (Å²) in [6, 6.07) is 42.1. The van der Waals surface area contributed by atoms with Crippen LogP contribution >= 0.6 is 22.7 Å². The number of nitriles is 1. The maximum Gasteiger partial charge on any atom is 0.180 e. The number of hydrogen-bond donors (Lipinski definition) is 2. The van der Waals surface area contributed by atoms with Crippen molar-refractivity contribution in [2.45, 2.75) is 0 Å². The lowest BCUT2D eigenvalue weighted by Gasteiger charge is -2.08. The highest BCUT2D eigenvalue weighted by molar-refractivity contribution is 7.21. The summed E-state index contributed by atoms with van der Waals surface area (Å²) in [5, 5.41) is 22.8. The zero-order valence-electron chi connectivity index (χ0n) is 26.3. The minimum atomic E-state index is 0.0735. The third kappa shape index (κ3) is 7.15. The molecule has 50 heavy (non-hydrogen) atoms. The fourth-order valence-electron chi connectivity index (χ4n) is 5.21. The molecule has 3 N–H and O–H groups in total. The monoisotopic (exact) mass is 689 g/mol. The van der Waals surface area contributed by atoms with Crippen LogP contribution in [-0.4, -0.2) is 21.0 Å². The van der Waals surface area contributed by atoms with E-state index in [-0.39, 0.29) is 5.84 Å². The van der Waals surface area contributed by atoms with E-state index in [1.807, 2.05) is 97.1 Å². The average Bonchev–Trinajstić information content (AvgIpc) is 3.82. The van der Waals surface area contributed by atoms with Crippen LogP contribution in [0.25, 0.3) is 42.4 Å². The first-order valence-electron chi connectivity index (χ1n) is 15.4. The molecule has 0 aliphatic rings. The van der Waals surface area contributed by atoms with Gasteiger partial charge in [-0.25, -0.2) is 0 Å². The number of pyridine rings is 2. The quantitative estimate of drug-likeness (QED) is 0.0738. The Kier molecular flexibility index (Phi) is 9.42. The highest BCUT2D eigenvalue weighted by atomic mass is 32.1. The van der Waals surface area contributed by atoms with Crippen LogP contribution in [0.3, 0.4) is 0 Å². The van der Waals surface area contributed by atoms with Gasteiger partial charge in [0.15, 0.2) is 17.3 Å². The van der Waals surface area contributed by atoms with Crippen LogP contribution < -0.4 is 15.2 Å². The van der Waals surface area contributed by atoms with Crippen molar-refractivity contribution in [1.82, 2.24) is 9.97 Å². The number of oxime groups is 1. The van der Waals surface area contributed by atoms with E-state index < -0.39 is 0 Å². The molecule has 0 saturated heterocycles. The van der Waals surface area contributed by atoms with Gasteiger partial charge in [-0.05, 0) is 58.7 Å². The first kappa shape index (κ1) is 32.0. The summed E-state index contributed by atoms with van der Waals surface area (Å²) in [5.74, 6) is 2.83. The number of hydrogen-bond acceptors (Lipinski definition) is 9. The van der Waals surface area contributed by atoms with Gasteiger partial charge in [0, 0.05) is 23.2 Å². The van der Waals surface area contributed by atoms with E-state index in [1.54, 1.807) is 24.8 Å². The molecule has 0 radical (unpaired) electrons. The van der Waals surface area contributed by atoms with Gasteiger partial charge in [0.05, 0.1) is 26.7 Å². The maximum atomic E-state index is 9.06. The van der Waals surface area contributed by atoms with Crippen molar-refractivity contribution in [2.24, 2.45) is 10.9 Å². The maximum absolute atomic E-state index is 9.06. The molecule has 0 fully saturated rings. The molecule has 10 heteroatoms. The Hall–Kier alpha value is -6.54. The number of aromatic nitrogens is 2. The molecule has 8 nitrogen and oxygen atoms in total. The second kappa shape index (κ2) is 14.7. The Bertz CT molecular complexity index is 2450. The minimum Gasteiger partial charge on any atom is -0.455 e. The molecular weight excluding hydrogens is 663 g/mol. The summed E-state index contributed by atoms with van der Waals surface area (Å²) in [6.45, 7) is 0. The van der Waals surface area contributed by atoms with Crippen LogP contribution in [0.2, 0.25) is 0 Å². The van der Waals surface area contributed by atoms with Crippen molar-refractivity contribution < 1.29 is 14.7 Å². The fraction of sp³-hybridized carbons (Fsp3) is 0. The summed E-state index contributed by atoms with van der Waals surface area (Å²) in [4.78, 5) is 9.73. The predicted molar refractivity (Wildman–Crippen MR) is 200 cm³/mol. The Balaban J connectivity index is 0.000000157. The van der Waals surface area contributed by atoms with Gasteiger partial charge in [-0.1, -0.05) is 90.1 Å². The second-order valence-electron chi connectivity index (χ2n) is 10.9. The topological polar surface area (TPSA) is 127 Å². The summed E-state index contributed by atoms with van der Waals surface area (Å²) in [6.07, 6.45) is 6.84. The Morgan fingerprint density at radius 3 is 1.56 bits per heavy atom. The Morgan fingerprint density at radius 1 is 0.620 bits per heavy atom. The summed E-state index contributed by atoms with van der Waals surface area (Å²) < 4.78 is 13.8. The molecule has 8 rings (SSSR count). The normalized spacial score (nSPS) is 11.1. The molecule has 0 aliphatic heterocycles. The van der Waals surface area contributed by atoms with Gasteiger partial charge in [-0.2, -0.15) is 5.26 Å². The van der Waals surface area contributed by atoms with Crippen LogP contribution in [0.15, 0.2) is 151 Å². The van der Waals surface area contributed by atoms with E-state index in [0.717, 1.165) is 48.4 Å². The third-order valence-corrected chi connectivity index (χ3v) is 9.73. The van der Waals surface area contributed by atoms with E-state index in [0.29, 0.717) is 21.3 Å². The van der Waals surface area contributed by atoms with Gasteiger partial charge < -0.3 is 20.4 Å². The number of benzene rings is 4. The van der Waals surface area contributed by atoms with Gasteiger partial charge in [-0.3, -0.25) is 9.97 Å². The number of fused-ring (bicyclic) bond motifs is 2. The molecule has 0 saturated carbocycles. The van der Waals surface area contributed by atoms with Crippen LogP contribution in [-0.2, 0) is 0 Å². The minimum absolute atomic E-state index is 0.0735. The number of nitrogens with two attached hydrogens (primary N) is 1. The van der Waals surface area contributed by atoms with Crippen LogP contribution in [0.5, 0.6) is 23.0 Å². The molecule has 0 spiro atoms. The molecule has 0 unspecified atom stereocenters. The SMILES string of the molecule is N#Cc1cc2c(Oc3ccc(-c4ccccc4)cc3)cncc2s1.NC(=NO)c1cc2c(Oc3ccc(-c4ccccc4)cc3)cncc2s1. The van der Waals surface area contributed by atoms with E-state index in [1.165, 1.54) is 28.2 Å². The van der Waals surface area contributed by atoms with Crippen molar-refractivity contribution in [3.63, 3.8) is 0 Å². The van der Waals surface area contributed by atoms with Crippen LogP contribution in [0.4, 0.5) is 0 Å². The van der Waals surface area contributed by atoms with Crippen molar-refractivity contribution in [3.05, 3.63) is 156 Å². The lowest BCUT2D eigenvalue weighted by Crippen LogP contribution is -2.10. The number of thiophene rings is 2. The van der Waals surface area contributed by atoms with Crippen molar-refractivity contribution in [3.8, 4) is 51.3 Å². The molecular formula is C40H27N5O3S2. The average molecular weight is 690 g/mol. The number of nitrogens with zero attached hydrogens (tertiary/aromatic N) is 4. The largest absolute Gasteiger partial charge is 0.455 e. The number of ether oxygens (including phenoxy) is 2.